The van der Waals surface area contributed by atoms with Gasteiger partial charge in [0, 0.05) is 31.0 Å². The smallest absolute Gasteiger partial charge is 0.128 e. The van der Waals surface area contributed by atoms with E-state index in [0.29, 0.717) is 50.0 Å². The van der Waals surface area contributed by atoms with Gasteiger partial charge >= 0.3 is 0 Å². The molecule has 20 heavy (non-hydrogen) atoms. The summed E-state index contributed by atoms with van der Waals surface area (Å²) < 4.78 is 28.9. The molecule has 110 valence electrons. The van der Waals surface area contributed by atoms with E-state index in [1.54, 1.807) is 13.2 Å². The van der Waals surface area contributed by atoms with Gasteiger partial charge in [-0.15, -0.1) is 11.6 Å². The van der Waals surface area contributed by atoms with Gasteiger partial charge in [-0.3, -0.25) is 0 Å². The van der Waals surface area contributed by atoms with Gasteiger partial charge in [0.05, 0.1) is 19.8 Å². The summed E-state index contributed by atoms with van der Waals surface area (Å²) in [6, 6.07) is 4.38. The van der Waals surface area contributed by atoms with Crippen LogP contribution in [0.25, 0.3) is 0 Å². The van der Waals surface area contributed by atoms with Gasteiger partial charge in [-0.1, -0.05) is 11.8 Å². The van der Waals surface area contributed by atoms with E-state index >= 15 is 0 Å². The first-order valence-electron chi connectivity index (χ1n) is 6.31. The molecule has 0 aliphatic carbocycles. The van der Waals surface area contributed by atoms with Gasteiger partial charge in [0.1, 0.15) is 18.2 Å². The van der Waals surface area contributed by atoms with Crippen LogP contribution >= 0.6 is 11.6 Å². The molecule has 1 aromatic rings. The van der Waals surface area contributed by atoms with Gasteiger partial charge < -0.3 is 14.2 Å². The number of halogens is 2. The van der Waals surface area contributed by atoms with E-state index in [0.717, 1.165) is 0 Å². The summed E-state index contributed by atoms with van der Waals surface area (Å²) >= 11 is 5.53. The first-order chi connectivity index (χ1) is 9.76. The van der Waals surface area contributed by atoms with Crippen molar-refractivity contribution < 1.29 is 18.6 Å². The van der Waals surface area contributed by atoms with E-state index in [1.807, 2.05) is 0 Å². The summed E-state index contributed by atoms with van der Waals surface area (Å²) in [6.07, 6.45) is 0.571. The van der Waals surface area contributed by atoms with Crippen LogP contribution in [-0.2, 0) is 9.47 Å². The highest BCUT2D eigenvalue weighted by molar-refractivity contribution is 6.18. The van der Waals surface area contributed by atoms with Crippen LogP contribution in [0.3, 0.4) is 0 Å². The second-order valence-electron chi connectivity index (χ2n) is 3.87. The predicted octanol–water partition coefficient (Wildman–Crippen LogP) is 2.85. The van der Waals surface area contributed by atoms with Gasteiger partial charge in [-0.25, -0.2) is 4.39 Å². The number of methoxy groups -OCH3 is 1. The van der Waals surface area contributed by atoms with Crippen LogP contribution in [0.4, 0.5) is 4.39 Å². The molecule has 0 heterocycles. The van der Waals surface area contributed by atoms with Crippen molar-refractivity contribution in [1.29, 1.82) is 0 Å². The largest absolute Gasteiger partial charge is 0.491 e. The molecule has 0 aliphatic rings. The number of ether oxygens (including phenoxy) is 3. The quantitative estimate of drug-likeness (QED) is 0.420. The van der Waals surface area contributed by atoms with E-state index in [2.05, 4.69) is 11.8 Å². The van der Waals surface area contributed by atoms with Crippen molar-refractivity contribution in [2.75, 3.05) is 39.4 Å². The van der Waals surface area contributed by atoms with Crippen molar-refractivity contribution in [3.8, 4) is 17.6 Å². The minimum Gasteiger partial charge on any atom is -0.491 e. The van der Waals surface area contributed by atoms with Crippen molar-refractivity contribution >= 4 is 11.6 Å². The maximum atomic E-state index is 13.4. The number of alkyl halides is 1. The van der Waals surface area contributed by atoms with E-state index in [9.17, 15) is 4.39 Å². The standard InChI is InChI=1S/C15H18ClFO3/c1-18-6-7-19-8-9-20-15-11-13(4-2-3-5-16)10-14(17)12-15/h10-12H,3,5-9H2,1H3. The molecule has 5 heteroatoms. The summed E-state index contributed by atoms with van der Waals surface area (Å²) in [6.45, 7) is 1.83. The minimum absolute atomic E-state index is 0.349. The third-order valence-corrected chi connectivity index (χ3v) is 2.44. The lowest BCUT2D eigenvalue weighted by molar-refractivity contribution is 0.0544. The van der Waals surface area contributed by atoms with Gasteiger partial charge in [0.15, 0.2) is 0 Å². The normalized spacial score (nSPS) is 9.95. The molecule has 1 rings (SSSR count). The van der Waals surface area contributed by atoms with Crippen LogP contribution in [0, 0.1) is 17.7 Å². The summed E-state index contributed by atoms with van der Waals surface area (Å²) in [5.74, 6) is 6.22. The number of hydrogen-bond donors (Lipinski definition) is 0. The number of rotatable bonds is 8. The van der Waals surface area contributed by atoms with Crippen LogP contribution < -0.4 is 4.74 Å². The Balaban J connectivity index is 2.43. The van der Waals surface area contributed by atoms with Crippen LogP contribution in [0.15, 0.2) is 18.2 Å². The first kappa shape index (κ1) is 16.8. The van der Waals surface area contributed by atoms with Crippen LogP contribution in [0.5, 0.6) is 5.75 Å². The monoisotopic (exact) mass is 300 g/mol. The maximum Gasteiger partial charge on any atom is 0.128 e. The fourth-order valence-corrected chi connectivity index (χ4v) is 1.49. The van der Waals surface area contributed by atoms with E-state index < -0.39 is 0 Å². The zero-order chi connectivity index (χ0) is 14.6. The molecule has 0 N–H and O–H groups in total. The Labute approximate surface area is 124 Å². The average Bonchev–Trinajstić information content (AvgIpc) is 2.42. The predicted molar refractivity (Wildman–Crippen MR) is 76.8 cm³/mol. The highest BCUT2D eigenvalue weighted by Crippen LogP contribution is 2.15. The highest BCUT2D eigenvalue weighted by atomic mass is 35.5. The van der Waals surface area contributed by atoms with Gasteiger partial charge in [0.2, 0.25) is 0 Å². The molecule has 1 aromatic carbocycles. The summed E-state index contributed by atoms with van der Waals surface area (Å²) in [5, 5.41) is 0. The Bertz CT molecular complexity index is 454. The molecule has 0 saturated heterocycles. The Morgan fingerprint density at radius 3 is 2.70 bits per heavy atom. The molecule has 0 amide bonds. The highest BCUT2D eigenvalue weighted by Gasteiger charge is 2.00. The lowest BCUT2D eigenvalue weighted by atomic mass is 10.2. The second kappa shape index (κ2) is 10.5. The summed E-state index contributed by atoms with van der Waals surface area (Å²) in [7, 11) is 1.61. The topological polar surface area (TPSA) is 27.7 Å². The third kappa shape index (κ3) is 7.34. The molecular weight excluding hydrogens is 283 g/mol. The van der Waals surface area contributed by atoms with E-state index in [1.165, 1.54) is 12.1 Å². The molecule has 0 aromatic heterocycles. The Morgan fingerprint density at radius 1 is 1.15 bits per heavy atom. The average molecular weight is 301 g/mol. The Kier molecular flexibility index (Phi) is 8.81. The molecule has 0 saturated carbocycles. The lowest BCUT2D eigenvalue weighted by Gasteiger charge is -2.07. The number of benzene rings is 1. The van der Waals surface area contributed by atoms with E-state index in [-0.39, 0.29) is 5.82 Å². The zero-order valence-electron chi connectivity index (χ0n) is 11.5. The van der Waals surface area contributed by atoms with Crippen LogP contribution in [0.2, 0.25) is 0 Å². The number of hydrogen-bond acceptors (Lipinski definition) is 3. The minimum atomic E-state index is -0.377. The second-order valence-corrected chi connectivity index (χ2v) is 4.25. The Morgan fingerprint density at radius 2 is 1.95 bits per heavy atom. The molecule has 0 atom stereocenters. The van der Waals surface area contributed by atoms with Gasteiger partial charge in [-0.05, 0) is 12.1 Å². The van der Waals surface area contributed by atoms with Crippen molar-refractivity contribution in [2.45, 2.75) is 6.42 Å². The molecule has 0 bridgehead atoms. The fraction of sp³-hybridized carbons (Fsp3) is 0.467. The Hall–Kier alpha value is -1.28. The van der Waals surface area contributed by atoms with Crippen molar-refractivity contribution in [2.24, 2.45) is 0 Å². The van der Waals surface area contributed by atoms with Gasteiger partial charge in [0.25, 0.3) is 0 Å². The molecule has 0 spiro atoms. The molecular formula is C15H18ClFO3. The summed E-state index contributed by atoms with van der Waals surface area (Å²) in [4.78, 5) is 0. The van der Waals surface area contributed by atoms with Crippen LogP contribution in [-0.4, -0.2) is 39.4 Å². The summed E-state index contributed by atoms with van der Waals surface area (Å²) in [5.41, 5.74) is 0.574. The SMILES string of the molecule is COCCOCCOc1cc(F)cc(C#CCCCl)c1. The molecule has 0 fully saturated rings. The molecule has 3 nitrogen and oxygen atoms in total. The fourth-order valence-electron chi connectivity index (χ4n) is 1.39. The van der Waals surface area contributed by atoms with E-state index in [4.69, 9.17) is 25.8 Å². The van der Waals surface area contributed by atoms with Crippen molar-refractivity contribution in [3.63, 3.8) is 0 Å². The first-order valence-corrected chi connectivity index (χ1v) is 6.84. The van der Waals surface area contributed by atoms with Crippen LogP contribution in [0.1, 0.15) is 12.0 Å². The van der Waals surface area contributed by atoms with Crippen molar-refractivity contribution in [3.05, 3.63) is 29.6 Å². The lowest BCUT2D eigenvalue weighted by Crippen LogP contribution is -2.10. The van der Waals surface area contributed by atoms with Crippen molar-refractivity contribution in [1.82, 2.24) is 0 Å². The van der Waals surface area contributed by atoms with Gasteiger partial charge in [-0.2, -0.15) is 0 Å². The zero-order valence-corrected chi connectivity index (χ0v) is 12.2. The molecule has 0 unspecified atom stereocenters. The maximum absolute atomic E-state index is 13.4. The molecule has 0 aliphatic heterocycles. The molecule has 0 radical (unpaired) electrons. The third-order valence-electron chi connectivity index (χ3n) is 2.25.